The summed E-state index contributed by atoms with van der Waals surface area (Å²) in [5, 5.41) is 7.60. The average Bonchev–Trinajstić information content (AvgIpc) is 3.35. The predicted octanol–water partition coefficient (Wildman–Crippen LogP) is 1.33. The molecule has 0 spiro atoms. The van der Waals surface area contributed by atoms with Gasteiger partial charge < -0.3 is 15.1 Å². The van der Waals surface area contributed by atoms with Gasteiger partial charge >= 0.3 is 0 Å². The first-order valence-corrected chi connectivity index (χ1v) is 9.66. The molecule has 4 heterocycles. The van der Waals surface area contributed by atoms with Gasteiger partial charge in [-0.15, -0.1) is 0 Å². The molecule has 7 nitrogen and oxygen atoms in total. The van der Waals surface area contributed by atoms with Crippen molar-refractivity contribution in [3.8, 4) is 0 Å². The summed E-state index contributed by atoms with van der Waals surface area (Å²) in [7, 11) is 1.93. The van der Waals surface area contributed by atoms with Crippen LogP contribution in [0.5, 0.6) is 0 Å². The minimum atomic E-state index is -0.0649. The van der Waals surface area contributed by atoms with Gasteiger partial charge in [0.15, 0.2) is 0 Å². The lowest BCUT2D eigenvalue weighted by atomic mass is 9.95. The Morgan fingerprint density at radius 2 is 2.15 bits per heavy atom. The number of fused-ring (bicyclic) bond motifs is 3. The topological polar surface area (TPSA) is 77.8 Å². The zero-order valence-electron chi connectivity index (χ0n) is 15.4. The number of rotatable bonds is 3. The maximum absolute atomic E-state index is 12.7. The minimum absolute atomic E-state index is 0.0320. The van der Waals surface area contributed by atoms with E-state index in [0.717, 1.165) is 24.8 Å². The number of nitrogens with zero attached hydrogens (tertiary/aromatic N) is 2. The standard InChI is InChI=1S/C20H24N4O3/c1-23-6-7-24(18(25)11-23)19-9-12-2-3-13(8-17(12)27-19)20(26)22-16-10-14-4-5-15(16)21-14/h2-3,8-9,14-16,21H,4-7,10-11H2,1H3,(H,22,26)/t14-,15+,16-/m1/s1. The lowest BCUT2D eigenvalue weighted by Crippen LogP contribution is -2.48. The number of amides is 2. The van der Waals surface area contributed by atoms with Crippen molar-refractivity contribution in [3.63, 3.8) is 0 Å². The average molecular weight is 368 g/mol. The van der Waals surface area contributed by atoms with E-state index in [0.29, 0.717) is 42.2 Å². The van der Waals surface area contributed by atoms with Crippen LogP contribution in [0.3, 0.4) is 0 Å². The van der Waals surface area contributed by atoms with Crippen molar-refractivity contribution in [2.75, 3.05) is 31.6 Å². The van der Waals surface area contributed by atoms with E-state index < -0.39 is 0 Å². The number of benzene rings is 1. The molecular weight excluding hydrogens is 344 g/mol. The summed E-state index contributed by atoms with van der Waals surface area (Å²) in [6.45, 7) is 1.82. The smallest absolute Gasteiger partial charge is 0.251 e. The maximum Gasteiger partial charge on any atom is 0.251 e. The van der Waals surface area contributed by atoms with E-state index in [1.165, 1.54) is 6.42 Å². The highest BCUT2D eigenvalue weighted by molar-refractivity contribution is 6.00. The Morgan fingerprint density at radius 1 is 1.26 bits per heavy atom. The van der Waals surface area contributed by atoms with E-state index >= 15 is 0 Å². The van der Waals surface area contributed by atoms with Crippen molar-refractivity contribution in [2.24, 2.45) is 0 Å². The molecule has 0 unspecified atom stereocenters. The first-order valence-electron chi connectivity index (χ1n) is 9.66. The van der Waals surface area contributed by atoms with Crippen molar-refractivity contribution in [1.29, 1.82) is 0 Å². The molecule has 3 aliphatic heterocycles. The van der Waals surface area contributed by atoms with Gasteiger partial charge in [0.25, 0.3) is 5.91 Å². The van der Waals surface area contributed by atoms with E-state index in [2.05, 4.69) is 10.6 Å². The third-order valence-electron chi connectivity index (χ3n) is 6.06. The van der Waals surface area contributed by atoms with Crippen molar-refractivity contribution < 1.29 is 14.0 Å². The number of likely N-dealkylation sites (N-methyl/N-ethyl adjacent to an activating group) is 1. The quantitative estimate of drug-likeness (QED) is 0.855. The van der Waals surface area contributed by atoms with Gasteiger partial charge in [0, 0.05) is 48.2 Å². The van der Waals surface area contributed by atoms with E-state index in [4.69, 9.17) is 4.42 Å². The number of carbonyl (C=O) groups excluding carboxylic acids is 2. The second kappa shape index (κ2) is 6.35. The van der Waals surface area contributed by atoms with Crippen LogP contribution in [0.25, 0.3) is 11.0 Å². The SMILES string of the molecule is CN1CCN(c2cc3ccc(C(=O)N[C@@H]4C[C@H]5CC[C@@H]4N5)cc3o2)C(=O)C1. The number of hydrogen-bond donors (Lipinski definition) is 2. The lowest BCUT2D eigenvalue weighted by molar-refractivity contribution is -0.121. The summed E-state index contributed by atoms with van der Waals surface area (Å²) in [6.07, 6.45) is 3.35. The lowest BCUT2D eigenvalue weighted by Gasteiger charge is -2.30. The molecule has 0 saturated carbocycles. The van der Waals surface area contributed by atoms with Crippen molar-refractivity contribution in [1.82, 2.24) is 15.5 Å². The fourth-order valence-corrected chi connectivity index (χ4v) is 4.55. The first kappa shape index (κ1) is 16.8. The Hall–Kier alpha value is -2.38. The molecule has 7 heteroatoms. The first-order chi connectivity index (χ1) is 13.1. The second-order valence-corrected chi connectivity index (χ2v) is 7.98. The van der Waals surface area contributed by atoms with Gasteiger partial charge in [-0.1, -0.05) is 6.07 Å². The highest BCUT2D eigenvalue weighted by atomic mass is 16.4. The highest BCUT2D eigenvalue weighted by Crippen LogP contribution is 2.30. The Balaban J connectivity index is 1.34. The van der Waals surface area contributed by atoms with Crippen molar-refractivity contribution >= 4 is 28.7 Å². The van der Waals surface area contributed by atoms with Crippen LogP contribution >= 0.6 is 0 Å². The van der Waals surface area contributed by atoms with Crippen molar-refractivity contribution in [3.05, 3.63) is 29.8 Å². The molecule has 2 N–H and O–H groups in total. The molecular formula is C20H24N4O3. The van der Waals surface area contributed by atoms with Crippen LogP contribution in [-0.4, -0.2) is 61.5 Å². The van der Waals surface area contributed by atoms with Gasteiger partial charge in [-0.05, 0) is 38.4 Å². The third kappa shape index (κ3) is 3.00. The number of nitrogens with one attached hydrogen (secondary N) is 2. The Morgan fingerprint density at radius 3 is 2.89 bits per heavy atom. The molecule has 5 rings (SSSR count). The van der Waals surface area contributed by atoms with E-state index in [-0.39, 0.29) is 17.9 Å². The molecule has 27 heavy (non-hydrogen) atoms. The Labute approximate surface area is 157 Å². The molecule has 3 aliphatic rings. The minimum Gasteiger partial charge on any atom is -0.440 e. The molecule has 2 aromatic rings. The molecule has 2 amide bonds. The van der Waals surface area contributed by atoms with Crippen LogP contribution in [0.4, 0.5) is 5.88 Å². The van der Waals surface area contributed by atoms with Gasteiger partial charge in [-0.25, -0.2) is 0 Å². The molecule has 2 bridgehead atoms. The molecule has 0 aliphatic carbocycles. The van der Waals surface area contributed by atoms with Crippen LogP contribution < -0.4 is 15.5 Å². The van der Waals surface area contributed by atoms with E-state index in [1.54, 1.807) is 11.0 Å². The summed E-state index contributed by atoms with van der Waals surface area (Å²) >= 11 is 0. The monoisotopic (exact) mass is 368 g/mol. The van der Waals surface area contributed by atoms with Gasteiger partial charge in [-0.3, -0.25) is 19.4 Å². The Kier molecular flexibility index (Phi) is 3.94. The Bertz CT molecular complexity index is 908. The van der Waals surface area contributed by atoms with Crippen LogP contribution in [0, 0.1) is 0 Å². The van der Waals surface area contributed by atoms with Crippen LogP contribution in [0.2, 0.25) is 0 Å². The van der Waals surface area contributed by atoms with Gasteiger partial charge in [0.2, 0.25) is 11.8 Å². The molecule has 142 valence electrons. The van der Waals surface area contributed by atoms with Gasteiger partial charge in [-0.2, -0.15) is 0 Å². The summed E-state index contributed by atoms with van der Waals surface area (Å²) in [6, 6.07) is 8.52. The summed E-state index contributed by atoms with van der Waals surface area (Å²) in [5.74, 6) is 0.521. The number of carbonyl (C=O) groups is 2. The normalized spacial score (nSPS) is 28.3. The fraction of sp³-hybridized carbons (Fsp3) is 0.500. The van der Waals surface area contributed by atoms with Crippen molar-refractivity contribution in [2.45, 2.75) is 37.4 Å². The summed E-state index contributed by atoms with van der Waals surface area (Å²) < 4.78 is 5.92. The summed E-state index contributed by atoms with van der Waals surface area (Å²) in [4.78, 5) is 28.6. The predicted molar refractivity (Wildman–Crippen MR) is 102 cm³/mol. The van der Waals surface area contributed by atoms with E-state index in [1.807, 2.05) is 30.1 Å². The second-order valence-electron chi connectivity index (χ2n) is 7.98. The van der Waals surface area contributed by atoms with Crippen LogP contribution in [-0.2, 0) is 4.79 Å². The van der Waals surface area contributed by atoms with E-state index in [9.17, 15) is 9.59 Å². The molecule has 1 aromatic carbocycles. The number of anilines is 1. The number of piperazine rings is 1. The summed E-state index contributed by atoms with van der Waals surface area (Å²) in [5.41, 5.74) is 1.23. The maximum atomic E-state index is 12.7. The molecule has 3 atom stereocenters. The molecule has 3 fully saturated rings. The molecule has 1 aromatic heterocycles. The fourth-order valence-electron chi connectivity index (χ4n) is 4.55. The molecule has 3 saturated heterocycles. The number of furan rings is 1. The third-order valence-corrected chi connectivity index (χ3v) is 6.06. The van der Waals surface area contributed by atoms with Crippen LogP contribution in [0.15, 0.2) is 28.7 Å². The largest absolute Gasteiger partial charge is 0.440 e. The number of hydrogen-bond acceptors (Lipinski definition) is 5. The molecule has 0 radical (unpaired) electrons. The van der Waals surface area contributed by atoms with Crippen LogP contribution in [0.1, 0.15) is 29.6 Å². The van der Waals surface area contributed by atoms with Gasteiger partial charge in [0.05, 0.1) is 6.54 Å². The zero-order chi connectivity index (χ0) is 18.5. The zero-order valence-corrected chi connectivity index (χ0v) is 15.4. The highest BCUT2D eigenvalue weighted by Gasteiger charge is 2.39. The van der Waals surface area contributed by atoms with Gasteiger partial charge in [0.1, 0.15) is 5.58 Å².